The number of aryl methyl sites for hydroxylation is 1. The van der Waals surface area contributed by atoms with Gasteiger partial charge in [0.15, 0.2) is 5.69 Å². The van der Waals surface area contributed by atoms with Gasteiger partial charge in [-0.2, -0.15) is 13.2 Å². The smallest absolute Gasteiger partial charge is 0.395 e. The van der Waals surface area contributed by atoms with Gasteiger partial charge < -0.3 is 30.5 Å². The quantitative estimate of drug-likeness (QED) is 0.158. The van der Waals surface area contributed by atoms with Crippen molar-refractivity contribution in [3.63, 3.8) is 0 Å². The van der Waals surface area contributed by atoms with Gasteiger partial charge in [-0.15, -0.1) is 11.3 Å². The normalized spacial score (nSPS) is 14.3. The van der Waals surface area contributed by atoms with Crippen molar-refractivity contribution in [3.8, 4) is 21.7 Å². The van der Waals surface area contributed by atoms with Crippen LogP contribution in [0.25, 0.3) is 32.6 Å². The number of benzene rings is 2. The molecule has 14 heteroatoms. The standard InChI is InChI=1S/C34H39F3N6O4S/c1-3-11-39-33(47)40-23-5-6-24(25(18-23)32-41-29(20-48-32)34(35,36)37)22-4-7-28-26(17-22)30(45)27(31(46)38-12-16-44)19-43(28)15-10-21-8-13-42(2)14-9-21/h4-7,17-21,44H,3,8-16H2,1-2H3,(H,38,46)(H2,39,40,47). The number of pyridine rings is 1. The molecule has 2 aromatic heterocycles. The third-order valence-electron chi connectivity index (χ3n) is 8.49. The molecule has 0 aliphatic carbocycles. The van der Waals surface area contributed by atoms with Gasteiger partial charge in [-0.1, -0.05) is 19.1 Å². The molecule has 3 amide bonds. The Labute approximate surface area is 280 Å². The molecule has 10 nitrogen and oxygen atoms in total. The highest BCUT2D eigenvalue weighted by molar-refractivity contribution is 7.13. The summed E-state index contributed by atoms with van der Waals surface area (Å²) in [5, 5.41) is 18.5. The molecule has 0 unspecified atom stereocenters. The number of hydrogen-bond acceptors (Lipinski definition) is 7. The molecule has 4 N–H and O–H groups in total. The van der Waals surface area contributed by atoms with Crippen LogP contribution in [-0.2, 0) is 12.7 Å². The first-order valence-electron chi connectivity index (χ1n) is 16.0. The number of nitrogens with one attached hydrogen (secondary N) is 3. The molecule has 1 saturated heterocycles. The summed E-state index contributed by atoms with van der Waals surface area (Å²) >= 11 is 0.822. The van der Waals surface area contributed by atoms with Crippen LogP contribution in [-0.4, -0.2) is 71.3 Å². The highest BCUT2D eigenvalue weighted by atomic mass is 32.1. The molecule has 1 aliphatic rings. The molecule has 0 atom stereocenters. The molecule has 5 rings (SSSR count). The number of alkyl halides is 3. The lowest BCUT2D eigenvalue weighted by atomic mass is 9.93. The molecule has 2 aromatic carbocycles. The monoisotopic (exact) mass is 684 g/mol. The second-order valence-corrected chi connectivity index (χ2v) is 12.8. The summed E-state index contributed by atoms with van der Waals surface area (Å²) < 4.78 is 42.5. The molecule has 1 fully saturated rings. The van der Waals surface area contributed by atoms with Gasteiger partial charge in [-0.25, -0.2) is 9.78 Å². The van der Waals surface area contributed by atoms with Crippen LogP contribution in [0.2, 0.25) is 0 Å². The molecule has 256 valence electrons. The third-order valence-corrected chi connectivity index (χ3v) is 9.36. The number of anilines is 1. The van der Waals surface area contributed by atoms with Crippen LogP contribution in [0.5, 0.6) is 0 Å². The van der Waals surface area contributed by atoms with E-state index in [9.17, 15) is 32.7 Å². The zero-order valence-electron chi connectivity index (χ0n) is 26.8. The Morgan fingerprint density at radius 1 is 1.06 bits per heavy atom. The third kappa shape index (κ3) is 8.23. The van der Waals surface area contributed by atoms with E-state index in [1.54, 1.807) is 42.6 Å². The number of urea groups is 1. The first-order chi connectivity index (χ1) is 23.0. The van der Waals surface area contributed by atoms with E-state index in [1.807, 2.05) is 11.5 Å². The molecule has 0 saturated carbocycles. The van der Waals surface area contributed by atoms with Gasteiger partial charge in [-0.05, 0) is 87.1 Å². The fourth-order valence-electron chi connectivity index (χ4n) is 5.84. The van der Waals surface area contributed by atoms with E-state index in [2.05, 4.69) is 32.9 Å². The maximum atomic E-state index is 13.8. The number of rotatable bonds is 11. The number of carbonyl (C=O) groups excluding carboxylic acids is 2. The average molecular weight is 685 g/mol. The van der Waals surface area contributed by atoms with Crippen molar-refractivity contribution < 1.29 is 27.9 Å². The minimum atomic E-state index is -4.64. The highest BCUT2D eigenvalue weighted by Gasteiger charge is 2.34. The molecular formula is C34H39F3N6O4S. The van der Waals surface area contributed by atoms with Crippen molar-refractivity contribution >= 4 is 39.9 Å². The second kappa shape index (κ2) is 15.3. The summed E-state index contributed by atoms with van der Waals surface area (Å²) in [5.74, 6) is -0.102. The lowest BCUT2D eigenvalue weighted by Gasteiger charge is -2.29. The first kappa shape index (κ1) is 35.0. The molecule has 0 spiro atoms. The maximum Gasteiger partial charge on any atom is 0.434 e. The number of nitrogens with zero attached hydrogens (tertiary/aromatic N) is 3. The van der Waals surface area contributed by atoms with Crippen LogP contribution in [0.15, 0.2) is 52.8 Å². The average Bonchev–Trinajstić information content (AvgIpc) is 3.58. The van der Waals surface area contributed by atoms with E-state index in [0.717, 1.165) is 55.5 Å². The number of likely N-dealkylation sites (tertiary alicyclic amines) is 1. The van der Waals surface area contributed by atoms with Gasteiger partial charge >= 0.3 is 12.2 Å². The van der Waals surface area contributed by atoms with E-state index >= 15 is 0 Å². The number of amides is 3. The Hall–Kier alpha value is -4.27. The predicted molar refractivity (Wildman–Crippen MR) is 181 cm³/mol. The molecule has 1 aliphatic heterocycles. The first-order valence-corrected chi connectivity index (χ1v) is 16.8. The van der Waals surface area contributed by atoms with Gasteiger partial charge in [-0.3, -0.25) is 9.59 Å². The van der Waals surface area contributed by atoms with Gasteiger partial charge in [0.05, 0.1) is 12.1 Å². The van der Waals surface area contributed by atoms with Crippen molar-refractivity contribution in [1.82, 2.24) is 25.1 Å². The minimum Gasteiger partial charge on any atom is -0.395 e. The van der Waals surface area contributed by atoms with Crippen LogP contribution in [0.3, 0.4) is 0 Å². The van der Waals surface area contributed by atoms with Crippen molar-refractivity contribution in [1.29, 1.82) is 0 Å². The van der Waals surface area contributed by atoms with Crippen LogP contribution in [0, 0.1) is 5.92 Å². The number of aromatic nitrogens is 2. The molecule has 48 heavy (non-hydrogen) atoms. The summed E-state index contributed by atoms with van der Waals surface area (Å²) in [5.41, 5.74) is 0.729. The molecule has 0 bridgehead atoms. The van der Waals surface area contributed by atoms with Crippen LogP contribution in [0.4, 0.5) is 23.7 Å². The highest BCUT2D eigenvalue weighted by Crippen LogP contribution is 2.39. The van der Waals surface area contributed by atoms with Crippen LogP contribution in [0.1, 0.15) is 48.7 Å². The Morgan fingerprint density at radius 3 is 2.52 bits per heavy atom. The van der Waals surface area contributed by atoms with E-state index in [0.29, 0.717) is 46.9 Å². The largest absolute Gasteiger partial charge is 0.434 e. The Bertz CT molecular complexity index is 1830. The van der Waals surface area contributed by atoms with Crippen molar-refractivity contribution in [3.05, 3.63) is 69.5 Å². The number of piperidine rings is 1. The molecule has 0 radical (unpaired) electrons. The fourth-order valence-corrected chi connectivity index (χ4v) is 6.70. The Kier molecular flexibility index (Phi) is 11.2. The van der Waals surface area contributed by atoms with Crippen LogP contribution < -0.4 is 21.4 Å². The van der Waals surface area contributed by atoms with Crippen molar-refractivity contribution in [2.24, 2.45) is 5.92 Å². The van der Waals surface area contributed by atoms with E-state index < -0.39 is 29.2 Å². The topological polar surface area (TPSA) is 129 Å². The number of carbonyl (C=O) groups is 2. The van der Waals surface area contributed by atoms with Gasteiger partial charge in [0, 0.05) is 47.8 Å². The number of hydrogen-bond donors (Lipinski definition) is 4. The summed E-state index contributed by atoms with van der Waals surface area (Å²) in [7, 11) is 2.10. The molecule has 4 aromatic rings. The minimum absolute atomic E-state index is 0.0140. The maximum absolute atomic E-state index is 13.8. The zero-order valence-corrected chi connectivity index (χ0v) is 27.6. The lowest BCUT2D eigenvalue weighted by Crippen LogP contribution is -2.32. The summed E-state index contributed by atoms with van der Waals surface area (Å²) in [6.45, 7) is 4.66. The number of halogens is 3. The Morgan fingerprint density at radius 2 is 1.83 bits per heavy atom. The SMILES string of the molecule is CCCNC(=O)Nc1ccc(-c2ccc3c(c2)c(=O)c(C(=O)NCCO)cn3CCC2CCN(C)CC2)c(-c2nc(C(F)(F)F)cs2)c1. The Balaban J connectivity index is 1.60. The number of aliphatic hydroxyl groups excluding tert-OH is 1. The number of thiazole rings is 1. The summed E-state index contributed by atoms with van der Waals surface area (Å²) in [6, 6.07) is 9.62. The zero-order chi connectivity index (χ0) is 34.4. The predicted octanol–water partition coefficient (Wildman–Crippen LogP) is 5.80. The summed E-state index contributed by atoms with van der Waals surface area (Å²) in [4.78, 5) is 45.4. The van der Waals surface area contributed by atoms with Gasteiger partial charge in [0.25, 0.3) is 5.91 Å². The van der Waals surface area contributed by atoms with E-state index in [-0.39, 0.29) is 29.1 Å². The van der Waals surface area contributed by atoms with Crippen molar-refractivity contribution in [2.75, 3.05) is 45.2 Å². The van der Waals surface area contributed by atoms with Crippen molar-refractivity contribution in [2.45, 2.75) is 45.3 Å². The molecule has 3 heterocycles. The van der Waals surface area contributed by atoms with E-state index in [4.69, 9.17) is 0 Å². The lowest BCUT2D eigenvalue weighted by molar-refractivity contribution is -0.140. The van der Waals surface area contributed by atoms with Gasteiger partial charge in [0.2, 0.25) is 5.43 Å². The van der Waals surface area contributed by atoms with Gasteiger partial charge in [0.1, 0.15) is 10.6 Å². The fraction of sp³-hybridized carbons (Fsp3) is 0.412. The van der Waals surface area contributed by atoms with Crippen LogP contribution >= 0.6 is 11.3 Å². The second-order valence-electron chi connectivity index (χ2n) is 12.0. The van der Waals surface area contributed by atoms with E-state index in [1.165, 1.54) is 0 Å². The summed E-state index contributed by atoms with van der Waals surface area (Å²) in [6.07, 6.45) is 0.632. The number of fused-ring (bicyclic) bond motifs is 1. The molecular weight excluding hydrogens is 645 g/mol. The number of aliphatic hydroxyl groups is 1.